The molecular weight excluding hydrogens is 424 g/mol. The van der Waals surface area contributed by atoms with Gasteiger partial charge in [0.25, 0.3) is 0 Å². The second-order valence-electron chi connectivity index (χ2n) is 9.80. The highest BCUT2D eigenvalue weighted by atomic mass is 16.7. The second kappa shape index (κ2) is 22.2. The van der Waals surface area contributed by atoms with Gasteiger partial charge in [0.2, 0.25) is 0 Å². The minimum Gasteiger partial charge on any atom is -0.504 e. The highest BCUT2D eigenvalue weighted by molar-refractivity contribution is 5.44. The largest absolute Gasteiger partial charge is 0.504 e. The molecule has 1 aromatic rings. The summed E-state index contributed by atoms with van der Waals surface area (Å²) in [5.41, 5.74) is 0.849. The molecule has 0 aliphatic heterocycles. The zero-order chi connectivity index (χ0) is 24.7. The van der Waals surface area contributed by atoms with Crippen LogP contribution in [0.2, 0.25) is 0 Å². The summed E-state index contributed by atoms with van der Waals surface area (Å²) in [4.78, 5) is 0. The molecule has 0 aromatic heterocycles. The minimum atomic E-state index is -0.0210. The molecule has 0 heterocycles. The summed E-state index contributed by atoms with van der Waals surface area (Å²) >= 11 is 0. The molecule has 198 valence electrons. The van der Waals surface area contributed by atoms with Crippen LogP contribution in [-0.4, -0.2) is 29.7 Å². The van der Waals surface area contributed by atoms with Gasteiger partial charge in [-0.2, -0.15) is 0 Å². The Hall–Kier alpha value is -1.26. The van der Waals surface area contributed by atoms with Gasteiger partial charge in [0.1, 0.15) is 0 Å². The molecule has 0 bridgehead atoms. The summed E-state index contributed by atoms with van der Waals surface area (Å²) in [6.45, 7) is 6.17. The lowest BCUT2D eigenvalue weighted by molar-refractivity contribution is -0.148. The Bertz CT molecular complexity index is 559. The van der Waals surface area contributed by atoms with Crippen LogP contribution in [0.3, 0.4) is 0 Å². The lowest BCUT2D eigenvalue weighted by Crippen LogP contribution is -2.19. The zero-order valence-electron chi connectivity index (χ0n) is 22.4. The first kappa shape index (κ1) is 30.8. The van der Waals surface area contributed by atoms with E-state index in [4.69, 9.17) is 9.47 Å². The van der Waals surface area contributed by atoms with Gasteiger partial charge in [-0.25, -0.2) is 0 Å². The third-order valence-corrected chi connectivity index (χ3v) is 6.59. The number of hydrogen-bond acceptors (Lipinski definition) is 4. The first-order valence-corrected chi connectivity index (χ1v) is 14.4. The van der Waals surface area contributed by atoms with Crippen molar-refractivity contribution in [3.63, 3.8) is 0 Å². The number of phenols is 2. The number of ether oxygens (including phenoxy) is 2. The molecule has 1 aromatic carbocycles. The SMILES string of the molecule is CCCCCCCOC(CCCCCCCCCc1cccc(O)c1O)OCCCCCCC. The summed E-state index contributed by atoms with van der Waals surface area (Å²) in [6.07, 6.45) is 22.9. The molecule has 4 heteroatoms. The molecule has 0 unspecified atom stereocenters. The lowest BCUT2D eigenvalue weighted by Gasteiger charge is -2.19. The van der Waals surface area contributed by atoms with Gasteiger partial charge >= 0.3 is 0 Å². The maximum atomic E-state index is 9.88. The molecule has 34 heavy (non-hydrogen) atoms. The molecule has 0 atom stereocenters. The van der Waals surface area contributed by atoms with Crippen LogP contribution in [0.5, 0.6) is 11.5 Å². The van der Waals surface area contributed by atoms with E-state index in [0.717, 1.165) is 50.9 Å². The van der Waals surface area contributed by atoms with Gasteiger partial charge in [-0.1, -0.05) is 109 Å². The second-order valence-corrected chi connectivity index (χ2v) is 9.80. The van der Waals surface area contributed by atoms with E-state index in [0.29, 0.717) is 0 Å². The van der Waals surface area contributed by atoms with Gasteiger partial charge < -0.3 is 19.7 Å². The standard InChI is InChI=1S/C30H54O4/c1-3-5-7-14-18-25-33-29(34-26-19-15-8-6-4-2)24-17-13-11-9-10-12-16-21-27-22-20-23-28(31)30(27)32/h20,22-23,29,31-32H,3-19,21,24-26H2,1-2H3. The molecule has 0 amide bonds. The van der Waals surface area contributed by atoms with Gasteiger partial charge in [-0.05, 0) is 50.2 Å². The van der Waals surface area contributed by atoms with Crippen molar-refractivity contribution in [2.45, 2.75) is 142 Å². The van der Waals surface area contributed by atoms with Gasteiger partial charge in [0, 0.05) is 13.2 Å². The van der Waals surface area contributed by atoms with E-state index in [-0.39, 0.29) is 17.8 Å². The highest BCUT2D eigenvalue weighted by Gasteiger charge is 2.09. The predicted molar refractivity (Wildman–Crippen MR) is 144 cm³/mol. The van der Waals surface area contributed by atoms with Crippen LogP contribution in [0.25, 0.3) is 0 Å². The average molecular weight is 479 g/mol. The van der Waals surface area contributed by atoms with Crippen molar-refractivity contribution in [2.75, 3.05) is 13.2 Å². The third kappa shape index (κ3) is 16.4. The average Bonchev–Trinajstić information content (AvgIpc) is 2.84. The van der Waals surface area contributed by atoms with Crippen LogP contribution in [-0.2, 0) is 15.9 Å². The Morgan fingerprint density at radius 1 is 0.618 bits per heavy atom. The van der Waals surface area contributed by atoms with Crippen molar-refractivity contribution in [2.24, 2.45) is 0 Å². The van der Waals surface area contributed by atoms with Crippen LogP contribution >= 0.6 is 0 Å². The topological polar surface area (TPSA) is 58.9 Å². The molecule has 0 spiro atoms. The van der Waals surface area contributed by atoms with E-state index in [1.54, 1.807) is 6.07 Å². The molecule has 0 aliphatic carbocycles. The molecule has 0 radical (unpaired) electrons. The van der Waals surface area contributed by atoms with Crippen LogP contribution in [0.15, 0.2) is 18.2 Å². The minimum absolute atomic E-state index is 0.0169. The molecule has 1 rings (SSSR count). The fraction of sp³-hybridized carbons (Fsp3) is 0.800. The Kier molecular flexibility index (Phi) is 20.1. The molecule has 0 saturated carbocycles. The van der Waals surface area contributed by atoms with E-state index in [2.05, 4.69) is 13.8 Å². The van der Waals surface area contributed by atoms with Crippen LogP contribution < -0.4 is 0 Å². The number of aromatic hydroxyl groups is 2. The van der Waals surface area contributed by atoms with Crippen molar-refractivity contribution in [3.05, 3.63) is 23.8 Å². The van der Waals surface area contributed by atoms with Gasteiger partial charge in [-0.3, -0.25) is 0 Å². The molecule has 2 N–H and O–H groups in total. The predicted octanol–water partition coefficient (Wildman–Crippen LogP) is 9.06. The lowest BCUT2D eigenvalue weighted by atomic mass is 10.0. The number of aryl methyl sites for hydroxylation is 1. The van der Waals surface area contributed by atoms with Crippen molar-refractivity contribution in [1.82, 2.24) is 0 Å². The monoisotopic (exact) mass is 478 g/mol. The summed E-state index contributed by atoms with van der Waals surface area (Å²) in [5.74, 6) is 0.0279. The van der Waals surface area contributed by atoms with Crippen molar-refractivity contribution in [3.8, 4) is 11.5 Å². The highest BCUT2D eigenvalue weighted by Crippen LogP contribution is 2.29. The zero-order valence-corrected chi connectivity index (χ0v) is 22.4. The van der Waals surface area contributed by atoms with E-state index >= 15 is 0 Å². The number of benzene rings is 1. The van der Waals surface area contributed by atoms with Gasteiger partial charge in [0.05, 0.1) is 0 Å². The Balaban J connectivity index is 2.10. The van der Waals surface area contributed by atoms with E-state index < -0.39 is 0 Å². The van der Waals surface area contributed by atoms with Crippen LogP contribution in [0.1, 0.15) is 135 Å². The Morgan fingerprint density at radius 3 is 1.71 bits per heavy atom. The van der Waals surface area contributed by atoms with Gasteiger partial charge in [-0.15, -0.1) is 0 Å². The maximum Gasteiger partial charge on any atom is 0.160 e. The fourth-order valence-corrected chi connectivity index (χ4v) is 4.35. The number of para-hydroxylation sites is 1. The number of unbranched alkanes of at least 4 members (excludes halogenated alkanes) is 14. The van der Waals surface area contributed by atoms with Gasteiger partial charge in [0.15, 0.2) is 17.8 Å². The molecule has 0 aliphatic rings. The first-order valence-electron chi connectivity index (χ1n) is 14.4. The molecular formula is C30H54O4. The van der Waals surface area contributed by atoms with E-state index in [9.17, 15) is 10.2 Å². The smallest absolute Gasteiger partial charge is 0.160 e. The fourth-order valence-electron chi connectivity index (χ4n) is 4.35. The quantitative estimate of drug-likeness (QED) is 0.0883. The number of hydrogen-bond donors (Lipinski definition) is 2. The van der Waals surface area contributed by atoms with E-state index in [1.165, 1.54) is 96.0 Å². The maximum absolute atomic E-state index is 9.88. The van der Waals surface area contributed by atoms with Crippen LogP contribution in [0, 0.1) is 0 Å². The molecule has 0 saturated heterocycles. The summed E-state index contributed by atoms with van der Waals surface area (Å²) < 4.78 is 12.2. The first-order chi connectivity index (χ1) is 16.7. The summed E-state index contributed by atoms with van der Waals surface area (Å²) in [7, 11) is 0. The van der Waals surface area contributed by atoms with E-state index in [1.807, 2.05) is 6.07 Å². The number of rotatable bonds is 24. The van der Waals surface area contributed by atoms with Crippen molar-refractivity contribution < 1.29 is 19.7 Å². The Labute approximate surface area is 210 Å². The molecule has 4 nitrogen and oxygen atoms in total. The number of phenolic OH excluding ortho intramolecular Hbond substituents is 2. The Morgan fingerprint density at radius 2 is 1.12 bits per heavy atom. The summed E-state index contributed by atoms with van der Waals surface area (Å²) in [6, 6.07) is 5.22. The summed E-state index contributed by atoms with van der Waals surface area (Å²) in [5, 5.41) is 19.5. The van der Waals surface area contributed by atoms with Crippen LogP contribution in [0.4, 0.5) is 0 Å². The van der Waals surface area contributed by atoms with Crippen molar-refractivity contribution in [1.29, 1.82) is 0 Å². The molecule has 0 fully saturated rings. The third-order valence-electron chi connectivity index (χ3n) is 6.59. The van der Waals surface area contributed by atoms with Crippen molar-refractivity contribution >= 4 is 0 Å². The normalized spacial score (nSPS) is 11.5.